The van der Waals surface area contributed by atoms with E-state index in [1.807, 2.05) is 42.5 Å². The highest BCUT2D eigenvalue weighted by Gasteiger charge is 2.22. The van der Waals surface area contributed by atoms with Crippen molar-refractivity contribution >= 4 is 27.3 Å². The number of rotatable bonds is 4. The second-order valence-electron chi connectivity index (χ2n) is 4.75. The molecule has 1 aliphatic heterocycles. The van der Waals surface area contributed by atoms with Gasteiger partial charge in [0.1, 0.15) is 18.2 Å². The van der Waals surface area contributed by atoms with Crippen LogP contribution in [0.3, 0.4) is 0 Å². The maximum atomic E-state index is 14.2. The number of hydrogen-bond donors (Lipinski definition) is 0. The van der Waals surface area contributed by atoms with Gasteiger partial charge >= 0.3 is 0 Å². The lowest BCUT2D eigenvalue weighted by atomic mass is 10.2. The molecule has 0 saturated carbocycles. The van der Waals surface area contributed by atoms with Gasteiger partial charge in [-0.1, -0.05) is 42.1 Å². The maximum Gasteiger partial charge on any atom is 0.267 e. The Bertz CT molecular complexity index is 640. The van der Waals surface area contributed by atoms with E-state index >= 15 is 0 Å². The summed E-state index contributed by atoms with van der Waals surface area (Å²) in [6.07, 6.45) is 1.19. The van der Waals surface area contributed by atoms with E-state index < -0.39 is 0 Å². The summed E-state index contributed by atoms with van der Waals surface area (Å²) in [5.74, 6) is 2.53. The largest absolute Gasteiger partial charge is 0.489 e. The molecular formula is C17H16FOS2+. The van der Waals surface area contributed by atoms with Crippen LogP contribution in [0.4, 0.5) is 4.39 Å². The van der Waals surface area contributed by atoms with Crippen LogP contribution >= 0.6 is 11.8 Å². The van der Waals surface area contributed by atoms with E-state index in [2.05, 4.69) is 0 Å². The molecule has 0 aliphatic carbocycles. The van der Waals surface area contributed by atoms with E-state index in [0.29, 0.717) is 17.9 Å². The second-order valence-corrected chi connectivity index (χ2v) is 7.22. The zero-order valence-corrected chi connectivity index (χ0v) is 13.2. The van der Waals surface area contributed by atoms with Crippen molar-refractivity contribution in [2.45, 2.75) is 13.0 Å². The van der Waals surface area contributed by atoms with Crippen LogP contribution in [0.25, 0.3) is 0 Å². The van der Waals surface area contributed by atoms with Crippen LogP contribution < -0.4 is 4.74 Å². The molecule has 0 radical (unpaired) electrons. The summed E-state index contributed by atoms with van der Waals surface area (Å²) in [5.41, 5.74) is 1.78. The van der Waals surface area contributed by atoms with E-state index in [9.17, 15) is 4.39 Å². The molecular weight excluding hydrogens is 303 g/mol. The zero-order valence-electron chi connectivity index (χ0n) is 11.5. The van der Waals surface area contributed by atoms with Crippen molar-refractivity contribution in [3.63, 3.8) is 0 Å². The molecule has 108 valence electrons. The van der Waals surface area contributed by atoms with Gasteiger partial charge in [0.2, 0.25) is 0 Å². The van der Waals surface area contributed by atoms with Gasteiger partial charge in [0, 0.05) is 18.2 Å². The minimum Gasteiger partial charge on any atom is -0.489 e. The minimum atomic E-state index is -0.197. The van der Waals surface area contributed by atoms with Crippen LogP contribution in [-0.2, 0) is 18.0 Å². The molecule has 1 nitrogen and oxygen atoms in total. The summed E-state index contributed by atoms with van der Waals surface area (Å²) in [7, 11) is 0. The Kier molecular flexibility index (Phi) is 4.88. The molecule has 0 amide bonds. The standard InChI is InChI=1S/C17H16FOS2/c18-16-11-14(19-12-13-5-2-1-3-6-13)7-8-15(16)17-20-9-4-10-21-17/h1-3,5-8,11H,4,9-10,12H2/q+1. The first-order chi connectivity index (χ1) is 10.3. The number of hydrogen-bond acceptors (Lipinski definition) is 2. The maximum absolute atomic E-state index is 14.2. The average Bonchev–Trinajstić information content (AvgIpc) is 2.55. The third-order valence-electron chi connectivity index (χ3n) is 3.16. The molecule has 0 spiro atoms. The quantitative estimate of drug-likeness (QED) is 0.620. The fourth-order valence-electron chi connectivity index (χ4n) is 2.08. The van der Waals surface area contributed by atoms with Crippen LogP contribution in [0.5, 0.6) is 5.75 Å². The Morgan fingerprint density at radius 2 is 2.00 bits per heavy atom. The van der Waals surface area contributed by atoms with Crippen molar-refractivity contribution in [3.05, 3.63) is 65.5 Å². The SMILES string of the molecule is Fc1cc(OCc2ccccc2)ccc1C1=[S+]CCCS1. The number of halogens is 1. The second kappa shape index (κ2) is 7.05. The first-order valence-electron chi connectivity index (χ1n) is 6.92. The Labute approximate surface area is 132 Å². The summed E-state index contributed by atoms with van der Waals surface area (Å²) < 4.78 is 21.0. The van der Waals surface area contributed by atoms with Gasteiger partial charge in [-0.05, 0) is 17.7 Å². The van der Waals surface area contributed by atoms with Crippen molar-refractivity contribution in [2.75, 3.05) is 11.5 Å². The molecule has 0 aromatic heterocycles. The van der Waals surface area contributed by atoms with Crippen molar-refractivity contribution in [1.29, 1.82) is 0 Å². The van der Waals surface area contributed by atoms with Crippen molar-refractivity contribution in [2.24, 2.45) is 0 Å². The normalized spacial score (nSPS) is 14.6. The number of thioether (sulfide) groups is 1. The van der Waals surface area contributed by atoms with Gasteiger partial charge in [-0.15, -0.1) is 0 Å². The first-order valence-corrected chi connectivity index (χ1v) is 8.89. The minimum absolute atomic E-state index is 0.197. The molecule has 2 aromatic carbocycles. The number of benzene rings is 2. The highest BCUT2D eigenvalue weighted by Crippen LogP contribution is 2.24. The molecule has 0 saturated heterocycles. The lowest BCUT2D eigenvalue weighted by molar-refractivity contribution is 0.304. The predicted octanol–water partition coefficient (Wildman–Crippen LogP) is 4.10. The summed E-state index contributed by atoms with van der Waals surface area (Å²) in [5, 5.41) is 0. The molecule has 0 bridgehead atoms. The van der Waals surface area contributed by atoms with Crippen molar-refractivity contribution < 1.29 is 9.13 Å². The Morgan fingerprint density at radius 1 is 1.14 bits per heavy atom. The van der Waals surface area contributed by atoms with Gasteiger partial charge in [0.15, 0.2) is 17.1 Å². The van der Waals surface area contributed by atoms with Crippen LogP contribution in [0.15, 0.2) is 48.5 Å². The summed E-state index contributed by atoms with van der Waals surface area (Å²) in [6, 6.07) is 15.1. The topological polar surface area (TPSA) is 9.23 Å². The van der Waals surface area contributed by atoms with E-state index in [1.54, 1.807) is 23.1 Å². The third-order valence-corrected chi connectivity index (χ3v) is 5.82. The fourth-order valence-corrected chi connectivity index (χ4v) is 4.68. The fraction of sp³-hybridized carbons (Fsp3) is 0.235. The van der Waals surface area contributed by atoms with Crippen molar-refractivity contribution in [3.8, 4) is 5.75 Å². The summed E-state index contributed by atoms with van der Waals surface area (Å²) in [6.45, 7) is 0.458. The van der Waals surface area contributed by atoms with Gasteiger partial charge in [0.05, 0.1) is 5.56 Å². The van der Waals surface area contributed by atoms with Gasteiger partial charge in [-0.2, -0.15) is 0 Å². The van der Waals surface area contributed by atoms with Crippen LogP contribution in [0.2, 0.25) is 0 Å². The first kappa shape index (κ1) is 14.5. The van der Waals surface area contributed by atoms with E-state index in [-0.39, 0.29) is 5.82 Å². The van der Waals surface area contributed by atoms with Crippen LogP contribution in [-0.4, -0.2) is 15.7 Å². The van der Waals surface area contributed by atoms with E-state index in [0.717, 1.165) is 21.3 Å². The van der Waals surface area contributed by atoms with E-state index in [1.165, 1.54) is 12.5 Å². The molecule has 0 unspecified atom stereocenters. The highest BCUT2D eigenvalue weighted by molar-refractivity contribution is 8.23. The Hall–Kier alpha value is -1.39. The van der Waals surface area contributed by atoms with Crippen LogP contribution in [0, 0.1) is 5.82 Å². The smallest absolute Gasteiger partial charge is 0.267 e. The Balaban J connectivity index is 1.70. The van der Waals surface area contributed by atoms with Gasteiger partial charge in [-0.25, -0.2) is 4.39 Å². The lowest BCUT2D eigenvalue weighted by Gasteiger charge is -2.08. The summed E-state index contributed by atoms with van der Waals surface area (Å²) >= 11 is 3.49. The zero-order chi connectivity index (χ0) is 14.5. The monoisotopic (exact) mass is 319 g/mol. The molecule has 0 N–H and O–H groups in total. The molecule has 0 atom stereocenters. The molecule has 21 heavy (non-hydrogen) atoms. The summed E-state index contributed by atoms with van der Waals surface area (Å²) in [4.78, 5) is 0. The molecule has 1 heterocycles. The predicted molar refractivity (Wildman–Crippen MR) is 90.6 cm³/mol. The molecule has 0 fully saturated rings. The van der Waals surface area contributed by atoms with Gasteiger partial charge in [-0.3, -0.25) is 0 Å². The third kappa shape index (κ3) is 3.83. The molecule has 3 rings (SSSR count). The van der Waals surface area contributed by atoms with Gasteiger partial charge < -0.3 is 4.74 Å². The highest BCUT2D eigenvalue weighted by atomic mass is 32.2. The van der Waals surface area contributed by atoms with Gasteiger partial charge in [0.25, 0.3) is 4.20 Å². The van der Waals surface area contributed by atoms with Crippen LogP contribution in [0.1, 0.15) is 17.5 Å². The lowest BCUT2D eigenvalue weighted by Crippen LogP contribution is -2.09. The Morgan fingerprint density at radius 3 is 2.71 bits per heavy atom. The average molecular weight is 319 g/mol. The molecule has 4 heteroatoms. The molecule has 2 aromatic rings. The molecule has 1 aliphatic rings. The van der Waals surface area contributed by atoms with Crippen molar-refractivity contribution in [1.82, 2.24) is 0 Å². The van der Waals surface area contributed by atoms with E-state index in [4.69, 9.17) is 4.74 Å². The number of ether oxygens (including phenoxy) is 1.